The number of carbonyl (C=O) groups excluding carboxylic acids is 3. The van der Waals surface area contributed by atoms with E-state index >= 15 is 0 Å². The average molecular weight is 548 g/mol. The lowest BCUT2D eigenvalue weighted by Gasteiger charge is -2.20. The molecule has 0 bridgehead atoms. The van der Waals surface area contributed by atoms with E-state index in [4.69, 9.17) is 10.5 Å². The molecule has 0 spiro atoms. The molecule has 12 heteroatoms. The number of hydrogen-bond acceptors (Lipinski definition) is 9. The molecule has 188 valence electrons. The lowest BCUT2D eigenvalue weighted by atomic mass is 9.93. The van der Waals surface area contributed by atoms with Crippen LogP contribution < -0.4 is 27.0 Å². The van der Waals surface area contributed by atoms with Crippen molar-refractivity contribution in [3.05, 3.63) is 34.9 Å². The van der Waals surface area contributed by atoms with Gasteiger partial charge in [-0.15, -0.1) is 0 Å². The monoisotopic (exact) mass is 547 g/mol. The minimum Gasteiger partial charge on any atom is -0.452 e. The van der Waals surface area contributed by atoms with Crippen LogP contribution in [0.1, 0.15) is 33.1 Å². The van der Waals surface area contributed by atoms with Gasteiger partial charge in [0.2, 0.25) is 11.9 Å². The van der Waals surface area contributed by atoms with Crippen molar-refractivity contribution in [2.24, 2.45) is 11.1 Å². The quantitative estimate of drug-likeness (QED) is 0.198. The number of carbonyl (C=O) groups is 3. The number of esters is 1. The first-order chi connectivity index (χ1) is 16.6. The van der Waals surface area contributed by atoms with E-state index in [1.165, 1.54) is 0 Å². The Balaban J connectivity index is 1.50. The summed E-state index contributed by atoms with van der Waals surface area (Å²) in [5.74, 6) is -0.0364. The minimum absolute atomic E-state index is 0.251. The van der Waals surface area contributed by atoms with Gasteiger partial charge in [-0.25, -0.2) is 4.98 Å². The lowest BCUT2D eigenvalue weighted by molar-refractivity contribution is -0.146. The molecule has 1 unspecified atom stereocenters. The van der Waals surface area contributed by atoms with E-state index in [-0.39, 0.29) is 24.2 Å². The van der Waals surface area contributed by atoms with E-state index in [9.17, 15) is 14.4 Å². The molecule has 1 aromatic carbocycles. The standard InChI is InChI=1S/C23H30BrN7O4/c1-23(2,21(25)34)13-26-9-4-10-27-19-16(24)12-28-22(31-19)30-15-6-3-5-14(11-15)29-20(33)17-7-8-18(32)35-17/h3,5-6,11-12,17,26H,4,7-10,13H2,1-2H3,(H2,25,34)(H,29,33)(H2,27,28,30,31). The van der Waals surface area contributed by atoms with Gasteiger partial charge >= 0.3 is 5.97 Å². The van der Waals surface area contributed by atoms with Crippen LogP contribution in [0.4, 0.5) is 23.1 Å². The van der Waals surface area contributed by atoms with E-state index in [2.05, 4.69) is 47.2 Å². The molecular weight excluding hydrogens is 518 g/mol. The SMILES string of the molecule is CC(C)(CNCCCNc1nc(Nc2cccc(NC(=O)C3CCC(=O)O3)c2)ncc1Br)C(N)=O. The van der Waals surface area contributed by atoms with Crippen LogP contribution in [0.2, 0.25) is 0 Å². The molecule has 0 saturated carbocycles. The van der Waals surface area contributed by atoms with Crippen LogP contribution in [0, 0.1) is 5.41 Å². The van der Waals surface area contributed by atoms with Gasteiger partial charge in [0.15, 0.2) is 6.10 Å². The van der Waals surface area contributed by atoms with Crippen molar-refractivity contribution in [1.29, 1.82) is 0 Å². The van der Waals surface area contributed by atoms with Crippen molar-refractivity contribution in [2.75, 3.05) is 35.6 Å². The van der Waals surface area contributed by atoms with Crippen molar-refractivity contribution >= 4 is 56.9 Å². The normalized spacial score (nSPS) is 15.4. The van der Waals surface area contributed by atoms with Crippen molar-refractivity contribution in [3.8, 4) is 0 Å². The third-order valence-corrected chi connectivity index (χ3v) is 5.94. The number of nitrogens with zero attached hydrogens (tertiary/aromatic N) is 2. The summed E-state index contributed by atoms with van der Waals surface area (Å²) in [5, 5.41) is 12.4. The number of anilines is 4. The molecule has 1 atom stereocenters. The Kier molecular flexibility index (Phi) is 8.99. The highest BCUT2D eigenvalue weighted by atomic mass is 79.9. The minimum atomic E-state index is -0.757. The molecule has 1 saturated heterocycles. The number of aromatic nitrogens is 2. The Bertz CT molecular complexity index is 1080. The number of primary amides is 1. The fraction of sp³-hybridized carbons (Fsp3) is 0.435. The Morgan fingerprint density at radius 3 is 2.74 bits per heavy atom. The van der Waals surface area contributed by atoms with E-state index in [0.717, 1.165) is 17.4 Å². The second-order valence-electron chi connectivity index (χ2n) is 8.81. The summed E-state index contributed by atoms with van der Waals surface area (Å²) >= 11 is 3.45. The molecule has 3 rings (SSSR count). The summed E-state index contributed by atoms with van der Waals surface area (Å²) in [6.07, 6.45) is 2.33. The Hall–Kier alpha value is -3.25. The van der Waals surface area contributed by atoms with Gasteiger partial charge in [-0.1, -0.05) is 6.07 Å². The number of nitrogens with one attached hydrogen (secondary N) is 4. The summed E-state index contributed by atoms with van der Waals surface area (Å²) in [5.41, 5.74) is 6.03. The van der Waals surface area contributed by atoms with Gasteiger partial charge in [0.25, 0.3) is 5.91 Å². The first-order valence-corrected chi connectivity index (χ1v) is 12.1. The molecule has 1 aliphatic rings. The molecule has 0 radical (unpaired) electrons. The van der Waals surface area contributed by atoms with Gasteiger partial charge in [0, 0.05) is 43.5 Å². The van der Waals surface area contributed by atoms with E-state index in [0.29, 0.717) is 42.7 Å². The molecule has 11 nitrogen and oxygen atoms in total. The number of halogens is 1. The maximum atomic E-state index is 12.3. The van der Waals surface area contributed by atoms with Crippen molar-refractivity contribution in [3.63, 3.8) is 0 Å². The molecule has 35 heavy (non-hydrogen) atoms. The zero-order valence-electron chi connectivity index (χ0n) is 19.7. The number of rotatable bonds is 12. The van der Waals surface area contributed by atoms with Crippen molar-refractivity contribution in [2.45, 2.75) is 39.2 Å². The fourth-order valence-electron chi connectivity index (χ4n) is 3.20. The maximum absolute atomic E-state index is 12.3. The molecule has 1 aliphatic heterocycles. The molecule has 0 aliphatic carbocycles. The van der Waals surface area contributed by atoms with Gasteiger partial charge in [-0.3, -0.25) is 14.4 Å². The zero-order chi connectivity index (χ0) is 25.4. The van der Waals surface area contributed by atoms with Crippen molar-refractivity contribution < 1.29 is 19.1 Å². The number of hydrogen-bond donors (Lipinski definition) is 5. The zero-order valence-corrected chi connectivity index (χ0v) is 21.3. The molecule has 1 aromatic heterocycles. The van der Waals surface area contributed by atoms with Crippen LogP contribution in [0.5, 0.6) is 0 Å². The van der Waals surface area contributed by atoms with Crippen LogP contribution >= 0.6 is 15.9 Å². The largest absolute Gasteiger partial charge is 0.452 e. The van der Waals surface area contributed by atoms with Gasteiger partial charge in [0.05, 0.1) is 9.89 Å². The number of benzene rings is 1. The second kappa shape index (κ2) is 11.9. The van der Waals surface area contributed by atoms with Crippen LogP contribution in [-0.2, 0) is 19.1 Å². The molecule has 1 fully saturated rings. The predicted molar refractivity (Wildman–Crippen MR) is 136 cm³/mol. The van der Waals surface area contributed by atoms with Crippen molar-refractivity contribution in [1.82, 2.24) is 15.3 Å². The third kappa shape index (κ3) is 7.89. The van der Waals surface area contributed by atoms with Crippen LogP contribution in [-0.4, -0.2) is 53.5 Å². The third-order valence-electron chi connectivity index (χ3n) is 5.36. The van der Waals surface area contributed by atoms with Crippen LogP contribution in [0.3, 0.4) is 0 Å². The van der Waals surface area contributed by atoms with Gasteiger partial charge in [-0.2, -0.15) is 4.98 Å². The molecule has 6 N–H and O–H groups in total. The van der Waals surface area contributed by atoms with Gasteiger partial charge in [0.1, 0.15) is 5.82 Å². The van der Waals surface area contributed by atoms with Crippen LogP contribution in [0.25, 0.3) is 0 Å². The van der Waals surface area contributed by atoms with Gasteiger partial charge < -0.3 is 31.7 Å². The number of amides is 2. The summed E-state index contributed by atoms with van der Waals surface area (Å²) in [7, 11) is 0. The first-order valence-electron chi connectivity index (χ1n) is 11.3. The lowest BCUT2D eigenvalue weighted by Crippen LogP contribution is -2.40. The Labute approximate surface area is 212 Å². The topological polar surface area (TPSA) is 160 Å². The molecule has 2 aromatic rings. The number of cyclic esters (lactones) is 1. The van der Waals surface area contributed by atoms with Gasteiger partial charge in [-0.05, 0) is 60.9 Å². The van der Waals surface area contributed by atoms with E-state index in [1.54, 1.807) is 24.4 Å². The average Bonchev–Trinajstić information content (AvgIpc) is 3.24. The number of ether oxygens (including phenoxy) is 1. The number of nitrogens with two attached hydrogens (primary N) is 1. The highest BCUT2D eigenvalue weighted by Crippen LogP contribution is 2.24. The summed E-state index contributed by atoms with van der Waals surface area (Å²) in [6, 6.07) is 7.09. The van der Waals surface area contributed by atoms with E-state index < -0.39 is 11.5 Å². The maximum Gasteiger partial charge on any atom is 0.306 e. The first kappa shape index (κ1) is 26.4. The summed E-state index contributed by atoms with van der Waals surface area (Å²) in [6.45, 7) is 5.51. The molecule has 2 amide bonds. The second-order valence-corrected chi connectivity index (χ2v) is 9.66. The fourth-order valence-corrected chi connectivity index (χ4v) is 3.53. The Morgan fingerprint density at radius 1 is 1.26 bits per heavy atom. The smallest absolute Gasteiger partial charge is 0.306 e. The molecular formula is C23H30BrN7O4. The Morgan fingerprint density at radius 2 is 2.03 bits per heavy atom. The summed E-state index contributed by atoms with van der Waals surface area (Å²) in [4.78, 5) is 43.7. The summed E-state index contributed by atoms with van der Waals surface area (Å²) < 4.78 is 5.72. The van der Waals surface area contributed by atoms with Crippen LogP contribution in [0.15, 0.2) is 34.9 Å². The predicted octanol–water partition coefficient (Wildman–Crippen LogP) is 2.53. The highest BCUT2D eigenvalue weighted by Gasteiger charge is 2.29. The van der Waals surface area contributed by atoms with E-state index in [1.807, 2.05) is 19.9 Å². The highest BCUT2D eigenvalue weighted by molar-refractivity contribution is 9.10. The molecule has 2 heterocycles.